The number of hydrogen-bond acceptors (Lipinski definition) is 3. The average molecular weight is 361 g/mol. The molecule has 1 atom stereocenters. The minimum Gasteiger partial charge on any atom is -0.496 e. The van der Waals surface area contributed by atoms with Gasteiger partial charge in [0.05, 0.1) is 12.6 Å². The molecule has 0 saturated carbocycles. The second kappa shape index (κ2) is 8.10. The van der Waals surface area contributed by atoms with Crippen molar-refractivity contribution in [3.8, 4) is 5.75 Å². The van der Waals surface area contributed by atoms with E-state index in [0.29, 0.717) is 5.92 Å². The van der Waals surface area contributed by atoms with Crippen molar-refractivity contribution in [1.29, 1.82) is 0 Å². The van der Waals surface area contributed by atoms with Crippen molar-refractivity contribution in [3.05, 3.63) is 71.4 Å². The molecule has 1 heterocycles. The zero-order valence-corrected chi connectivity index (χ0v) is 16.3. The van der Waals surface area contributed by atoms with Gasteiger partial charge in [0.25, 0.3) is 0 Å². The molecule has 3 aromatic rings. The summed E-state index contributed by atoms with van der Waals surface area (Å²) < 4.78 is 5.59. The summed E-state index contributed by atoms with van der Waals surface area (Å²) in [6, 6.07) is 17.2. The summed E-state index contributed by atoms with van der Waals surface area (Å²) in [6.07, 6.45) is 6.58. The second-order valence-corrected chi connectivity index (χ2v) is 7.62. The van der Waals surface area contributed by atoms with Crippen molar-refractivity contribution in [2.45, 2.75) is 31.6 Å². The molecule has 0 amide bonds. The van der Waals surface area contributed by atoms with Crippen molar-refractivity contribution in [1.82, 2.24) is 9.88 Å². The predicted molar refractivity (Wildman–Crippen MR) is 112 cm³/mol. The Morgan fingerprint density at radius 2 is 2.00 bits per heavy atom. The first kappa shape index (κ1) is 18.0. The minimum atomic E-state index is 0.600. The number of nitrogens with zero attached hydrogens (tertiary/aromatic N) is 2. The van der Waals surface area contributed by atoms with Gasteiger partial charge in [-0.25, -0.2) is 0 Å². The fourth-order valence-corrected chi connectivity index (χ4v) is 4.46. The number of hydrogen-bond donors (Lipinski definition) is 0. The second-order valence-electron chi connectivity index (χ2n) is 7.62. The van der Waals surface area contributed by atoms with Gasteiger partial charge in [-0.05, 0) is 73.5 Å². The van der Waals surface area contributed by atoms with Crippen LogP contribution < -0.4 is 4.74 Å². The lowest BCUT2D eigenvalue weighted by atomic mass is 9.82. The van der Waals surface area contributed by atoms with Gasteiger partial charge in [-0.1, -0.05) is 30.3 Å². The maximum atomic E-state index is 5.59. The highest BCUT2D eigenvalue weighted by Crippen LogP contribution is 2.36. The molecule has 2 aromatic carbocycles. The fraction of sp³-hybridized carbons (Fsp3) is 0.375. The predicted octanol–water partition coefficient (Wildman–Crippen LogP) is 4.84. The molecule has 0 N–H and O–H groups in total. The third-order valence-electron chi connectivity index (χ3n) is 5.84. The first-order valence-corrected chi connectivity index (χ1v) is 9.93. The SMILES string of the molecule is COc1cccc2c1CCC[C@H]2CN(C)CCc1cccc2ncccc12. The fourth-order valence-electron chi connectivity index (χ4n) is 4.46. The Kier molecular flexibility index (Phi) is 5.40. The molecule has 0 radical (unpaired) electrons. The Bertz CT molecular complexity index is 916. The van der Waals surface area contributed by atoms with Crippen molar-refractivity contribution in [2.24, 2.45) is 0 Å². The standard InChI is InChI=1S/C24H28N2O/c1-26(16-14-18-7-4-12-23-21(18)11-6-15-25-23)17-19-8-3-10-22-20(19)9-5-13-24(22)27-2/h4-7,9,11-13,15,19H,3,8,10,14,16-17H2,1-2H3/t19-/m0/s1. The molecule has 27 heavy (non-hydrogen) atoms. The Balaban J connectivity index is 1.44. The summed E-state index contributed by atoms with van der Waals surface area (Å²) in [5, 5.41) is 1.28. The Hall–Kier alpha value is -2.39. The van der Waals surface area contributed by atoms with E-state index >= 15 is 0 Å². The summed E-state index contributed by atoms with van der Waals surface area (Å²) in [7, 11) is 4.03. The maximum Gasteiger partial charge on any atom is 0.122 e. The lowest BCUT2D eigenvalue weighted by Gasteiger charge is -2.30. The zero-order valence-electron chi connectivity index (χ0n) is 16.3. The lowest BCUT2D eigenvalue weighted by Crippen LogP contribution is -2.28. The van der Waals surface area contributed by atoms with Gasteiger partial charge in [-0.15, -0.1) is 0 Å². The summed E-state index contributed by atoms with van der Waals surface area (Å²) in [5.41, 5.74) is 5.38. The van der Waals surface area contributed by atoms with E-state index in [1.54, 1.807) is 7.11 Å². The van der Waals surface area contributed by atoms with E-state index in [1.165, 1.54) is 34.9 Å². The zero-order chi connectivity index (χ0) is 18.6. The summed E-state index contributed by atoms with van der Waals surface area (Å²) in [4.78, 5) is 6.96. The van der Waals surface area contributed by atoms with Crippen LogP contribution in [0.1, 0.15) is 35.4 Å². The maximum absolute atomic E-state index is 5.59. The van der Waals surface area contributed by atoms with E-state index in [1.807, 2.05) is 12.3 Å². The van der Waals surface area contributed by atoms with Crippen molar-refractivity contribution in [3.63, 3.8) is 0 Å². The van der Waals surface area contributed by atoms with Crippen LogP contribution >= 0.6 is 0 Å². The molecule has 1 aliphatic carbocycles. The summed E-state index contributed by atoms with van der Waals surface area (Å²) in [6.45, 7) is 2.16. The Morgan fingerprint density at radius 1 is 1.11 bits per heavy atom. The number of pyridine rings is 1. The highest BCUT2D eigenvalue weighted by atomic mass is 16.5. The lowest BCUT2D eigenvalue weighted by molar-refractivity contribution is 0.299. The molecule has 140 valence electrons. The van der Waals surface area contributed by atoms with E-state index in [-0.39, 0.29) is 0 Å². The molecule has 1 aliphatic rings. The number of aromatic nitrogens is 1. The van der Waals surface area contributed by atoms with Crippen LogP contribution in [0.15, 0.2) is 54.7 Å². The van der Waals surface area contributed by atoms with E-state index in [2.05, 4.69) is 59.4 Å². The monoisotopic (exact) mass is 360 g/mol. The van der Waals surface area contributed by atoms with Gasteiger partial charge >= 0.3 is 0 Å². The third kappa shape index (κ3) is 3.84. The van der Waals surface area contributed by atoms with Gasteiger partial charge in [0.15, 0.2) is 0 Å². The van der Waals surface area contributed by atoms with Crippen LogP contribution in [0.3, 0.4) is 0 Å². The number of likely N-dealkylation sites (N-methyl/N-ethyl adjacent to an activating group) is 1. The van der Waals surface area contributed by atoms with Crippen molar-refractivity contribution in [2.75, 3.05) is 27.2 Å². The number of fused-ring (bicyclic) bond motifs is 2. The summed E-state index contributed by atoms with van der Waals surface area (Å²) >= 11 is 0. The normalized spacial score (nSPS) is 16.5. The Morgan fingerprint density at radius 3 is 2.89 bits per heavy atom. The molecule has 4 rings (SSSR count). The highest BCUT2D eigenvalue weighted by molar-refractivity contribution is 5.81. The number of rotatable bonds is 6. The van der Waals surface area contributed by atoms with Crippen LogP contribution in [0.2, 0.25) is 0 Å². The summed E-state index contributed by atoms with van der Waals surface area (Å²) in [5.74, 6) is 1.66. The molecule has 0 unspecified atom stereocenters. The van der Waals surface area contributed by atoms with Gasteiger partial charge in [0.1, 0.15) is 5.75 Å². The first-order chi connectivity index (χ1) is 13.3. The molecular weight excluding hydrogens is 332 g/mol. The molecule has 0 aliphatic heterocycles. The number of methoxy groups -OCH3 is 1. The van der Waals surface area contributed by atoms with Crippen LogP contribution in [-0.4, -0.2) is 37.1 Å². The minimum absolute atomic E-state index is 0.600. The highest BCUT2D eigenvalue weighted by Gasteiger charge is 2.23. The van der Waals surface area contributed by atoms with Gasteiger partial charge in [-0.3, -0.25) is 4.98 Å². The van der Waals surface area contributed by atoms with E-state index in [0.717, 1.165) is 37.2 Å². The largest absolute Gasteiger partial charge is 0.496 e. The van der Waals surface area contributed by atoms with Crippen molar-refractivity contribution < 1.29 is 4.74 Å². The van der Waals surface area contributed by atoms with Gasteiger partial charge < -0.3 is 9.64 Å². The quantitative estimate of drug-likeness (QED) is 0.629. The third-order valence-corrected chi connectivity index (χ3v) is 5.84. The molecule has 0 saturated heterocycles. The van der Waals surface area contributed by atoms with Gasteiger partial charge in [0, 0.05) is 24.7 Å². The van der Waals surface area contributed by atoms with E-state index < -0.39 is 0 Å². The molecule has 0 fully saturated rings. The molecule has 0 spiro atoms. The van der Waals surface area contributed by atoms with E-state index in [9.17, 15) is 0 Å². The first-order valence-electron chi connectivity index (χ1n) is 9.93. The average Bonchev–Trinajstić information content (AvgIpc) is 2.72. The molecule has 1 aromatic heterocycles. The Labute approximate surface area is 162 Å². The van der Waals surface area contributed by atoms with E-state index in [4.69, 9.17) is 4.74 Å². The molecular formula is C24H28N2O. The molecule has 3 nitrogen and oxygen atoms in total. The number of ether oxygens (including phenoxy) is 1. The van der Waals surface area contributed by atoms with Crippen LogP contribution in [0, 0.1) is 0 Å². The van der Waals surface area contributed by atoms with Crippen LogP contribution in [0.4, 0.5) is 0 Å². The van der Waals surface area contributed by atoms with Crippen LogP contribution in [0.5, 0.6) is 5.75 Å². The number of benzene rings is 2. The van der Waals surface area contributed by atoms with Gasteiger partial charge in [0.2, 0.25) is 0 Å². The topological polar surface area (TPSA) is 25.4 Å². The smallest absolute Gasteiger partial charge is 0.122 e. The molecule has 0 bridgehead atoms. The van der Waals surface area contributed by atoms with Crippen LogP contribution in [-0.2, 0) is 12.8 Å². The van der Waals surface area contributed by atoms with Gasteiger partial charge in [-0.2, -0.15) is 0 Å². The molecule has 3 heteroatoms. The van der Waals surface area contributed by atoms with Crippen LogP contribution in [0.25, 0.3) is 10.9 Å². The van der Waals surface area contributed by atoms with Crippen molar-refractivity contribution >= 4 is 10.9 Å².